The summed E-state index contributed by atoms with van der Waals surface area (Å²) in [5, 5.41) is 9.47. The number of rotatable bonds is 2. The topological polar surface area (TPSA) is 68.5 Å². The van der Waals surface area contributed by atoms with Gasteiger partial charge in [-0.15, -0.1) is 0 Å². The molecule has 0 atom stereocenters. The SMILES string of the molecule is COn1cc(C(=O)O)c(=O)c2ccc3c(c21)CCC3. The lowest BCUT2D eigenvalue weighted by Gasteiger charge is -2.13. The number of nitrogens with zero attached hydrogens (tertiary/aromatic N) is 1. The molecule has 19 heavy (non-hydrogen) atoms. The van der Waals surface area contributed by atoms with Crippen LogP contribution in [0.4, 0.5) is 0 Å². The standard InChI is InChI=1S/C14H13NO4/c1-19-15-7-11(14(17)18)13(16)10-6-5-8-3-2-4-9(8)12(10)15/h5-7H,2-4H2,1H3,(H,17,18). The van der Waals surface area contributed by atoms with Crippen molar-refractivity contribution in [1.82, 2.24) is 4.73 Å². The van der Waals surface area contributed by atoms with E-state index in [9.17, 15) is 9.59 Å². The van der Waals surface area contributed by atoms with E-state index in [-0.39, 0.29) is 5.56 Å². The van der Waals surface area contributed by atoms with Crippen molar-refractivity contribution in [3.8, 4) is 0 Å². The number of carboxylic acid groups (broad SMARTS) is 1. The molecule has 5 nitrogen and oxygen atoms in total. The Morgan fingerprint density at radius 2 is 2.16 bits per heavy atom. The van der Waals surface area contributed by atoms with Gasteiger partial charge >= 0.3 is 5.97 Å². The molecule has 0 radical (unpaired) electrons. The van der Waals surface area contributed by atoms with Crippen molar-refractivity contribution in [2.24, 2.45) is 0 Å². The molecule has 0 fully saturated rings. The largest absolute Gasteiger partial charge is 0.477 e. The van der Waals surface area contributed by atoms with E-state index in [1.807, 2.05) is 6.07 Å². The second-order valence-corrected chi connectivity index (χ2v) is 4.64. The van der Waals surface area contributed by atoms with Crippen molar-refractivity contribution in [3.63, 3.8) is 0 Å². The van der Waals surface area contributed by atoms with Crippen LogP contribution in [0.1, 0.15) is 27.9 Å². The van der Waals surface area contributed by atoms with Crippen molar-refractivity contribution in [2.75, 3.05) is 7.11 Å². The van der Waals surface area contributed by atoms with Crippen LogP contribution in [0.5, 0.6) is 0 Å². The summed E-state index contributed by atoms with van der Waals surface area (Å²) in [5.74, 6) is -1.24. The van der Waals surface area contributed by atoms with Crippen LogP contribution in [-0.4, -0.2) is 22.9 Å². The minimum atomic E-state index is -1.24. The number of hydrogen-bond donors (Lipinski definition) is 1. The van der Waals surface area contributed by atoms with Crippen LogP contribution >= 0.6 is 0 Å². The van der Waals surface area contributed by atoms with Gasteiger partial charge in [0, 0.05) is 0 Å². The Hall–Kier alpha value is -2.30. The molecular weight excluding hydrogens is 246 g/mol. The average molecular weight is 259 g/mol. The Balaban J connectivity index is 2.48. The summed E-state index contributed by atoms with van der Waals surface area (Å²) >= 11 is 0. The minimum Gasteiger partial charge on any atom is -0.477 e. The number of benzene rings is 1. The Morgan fingerprint density at radius 1 is 1.37 bits per heavy atom. The highest BCUT2D eigenvalue weighted by molar-refractivity contribution is 5.93. The number of aryl methyl sites for hydroxylation is 2. The second-order valence-electron chi connectivity index (χ2n) is 4.64. The third-order valence-corrected chi connectivity index (χ3v) is 3.64. The van der Waals surface area contributed by atoms with Crippen LogP contribution in [0.25, 0.3) is 10.9 Å². The minimum absolute atomic E-state index is 0.271. The van der Waals surface area contributed by atoms with Gasteiger partial charge in [0.1, 0.15) is 12.7 Å². The maximum atomic E-state index is 12.2. The predicted octanol–water partition coefficient (Wildman–Crippen LogP) is 1.25. The fraction of sp³-hybridized carbons (Fsp3) is 0.286. The summed E-state index contributed by atoms with van der Waals surface area (Å²) in [6.45, 7) is 0. The molecule has 1 heterocycles. The van der Waals surface area contributed by atoms with Gasteiger partial charge in [-0.1, -0.05) is 6.07 Å². The second kappa shape index (κ2) is 4.12. The molecule has 1 aliphatic carbocycles. The lowest BCUT2D eigenvalue weighted by Crippen LogP contribution is -2.21. The zero-order valence-corrected chi connectivity index (χ0v) is 10.5. The molecule has 0 unspecified atom stereocenters. The van der Waals surface area contributed by atoms with Gasteiger partial charge in [-0.2, -0.15) is 4.73 Å². The third kappa shape index (κ3) is 1.62. The molecule has 0 bridgehead atoms. The van der Waals surface area contributed by atoms with Crippen molar-refractivity contribution in [2.45, 2.75) is 19.3 Å². The van der Waals surface area contributed by atoms with E-state index in [1.165, 1.54) is 23.6 Å². The summed E-state index contributed by atoms with van der Waals surface area (Å²) in [7, 11) is 1.46. The van der Waals surface area contributed by atoms with Gasteiger partial charge < -0.3 is 9.94 Å². The highest BCUT2D eigenvalue weighted by atomic mass is 16.6. The smallest absolute Gasteiger partial charge is 0.341 e. The molecule has 0 amide bonds. The van der Waals surface area contributed by atoms with Crippen LogP contribution in [0.3, 0.4) is 0 Å². The van der Waals surface area contributed by atoms with Crippen LogP contribution in [-0.2, 0) is 12.8 Å². The maximum Gasteiger partial charge on any atom is 0.341 e. The van der Waals surface area contributed by atoms with Gasteiger partial charge in [0.05, 0.1) is 17.1 Å². The molecule has 98 valence electrons. The summed E-state index contributed by atoms with van der Waals surface area (Å²) in [4.78, 5) is 28.5. The number of aromatic nitrogens is 1. The zero-order chi connectivity index (χ0) is 13.6. The molecule has 5 heteroatoms. The van der Waals surface area contributed by atoms with Gasteiger partial charge in [0.2, 0.25) is 5.43 Å². The van der Waals surface area contributed by atoms with E-state index in [0.29, 0.717) is 10.9 Å². The number of pyridine rings is 1. The summed E-state index contributed by atoms with van der Waals surface area (Å²) in [5.41, 5.74) is 2.28. The van der Waals surface area contributed by atoms with Crippen LogP contribution < -0.4 is 10.3 Å². The molecule has 0 spiro atoms. The molecule has 1 aromatic heterocycles. The Kier molecular flexibility index (Phi) is 2.55. The number of aromatic carboxylic acids is 1. The van der Waals surface area contributed by atoms with Crippen molar-refractivity contribution < 1.29 is 14.7 Å². The number of carboxylic acids is 1. The quantitative estimate of drug-likeness (QED) is 0.881. The molecular formula is C14H13NO4. The number of fused-ring (bicyclic) bond motifs is 3. The van der Waals surface area contributed by atoms with Crippen molar-refractivity contribution in [3.05, 3.63) is 45.2 Å². The van der Waals surface area contributed by atoms with E-state index >= 15 is 0 Å². The van der Waals surface area contributed by atoms with E-state index < -0.39 is 11.4 Å². The molecule has 1 aromatic carbocycles. The normalized spacial score (nSPS) is 13.5. The lowest BCUT2D eigenvalue weighted by molar-refractivity contribution is 0.0691. The van der Waals surface area contributed by atoms with Gasteiger partial charge in [-0.05, 0) is 36.5 Å². The first-order valence-electron chi connectivity index (χ1n) is 6.11. The highest BCUT2D eigenvalue weighted by Crippen LogP contribution is 2.28. The predicted molar refractivity (Wildman–Crippen MR) is 69.7 cm³/mol. The van der Waals surface area contributed by atoms with Gasteiger partial charge in [-0.25, -0.2) is 4.79 Å². The molecule has 0 saturated heterocycles. The van der Waals surface area contributed by atoms with E-state index in [0.717, 1.165) is 24.8 Å². The van der Waals surface area contributed by atoms with Gasteiger partial charge in [0.15, 0.2) is 0 Å². The fourth-order valence-corrected chi connectivity index (χ4v) is 2.76. The Labute approximate surface area is 109 Å². The van der Waals surface area contributed by atoms with Crippen molar-refractivity contribution in [1.29, 1.82) is 0 Å². The van der Waals surface area contributed by atoms with E-state index in [1.54, 1.807) is 6.07 Å². The third-order valence-electron chi connectivity index (χ3n) is 3.64. The number of carbonyl (C=O) groups is 1. The average Bonchev–Trinajstić information content (AvgIpc) is 2.87. The van der Waals surface area contributed by atoms with Crippen molar-refractivity contribution >= 4 is 16.9 Å². The Bertz CT molecular complexity index is 745. The fourth-order valence-electron chi connectivity index (χ4n) is 2.76. The van der Waals surface area contributed by atoms with Gasteiger partial charge in [0.25, 0.3) is 0 Å². The summed E-state index contributed by atoms with van der Waals surface area (Å²) in [6.07, 6.45) is 4.18. The zero-order valence-electron chi connectivity index (χ0n) is 10.5. The molecule has 3 rings (SSSR count). The Morgan fingerprint density at radius 3 is 2.84 bits per heavy atom. The summed E-state index contributed by atoms with van der Waals surface area (Å²) in [6, 6.07) is 3.61. The first-order valence-corrected chi connectivity index (χ1v) is 6.11. The molecule has 1 N–H and O–H groups in total. The summed E-state index contributed by atoms with van der Waals surface area (Å²) < 4.78 is 1.39. The van der Waals surface area contributed by atoms with Crippen LogP contribution in [0, 0.1) is 0 Å². The maximum absolute atomic E-state index is 12.2. The highest BCUT2D eigenvalue weighted by Gasteiger charge is 2.21. The monoisotopic (exact) mass is 259 g/mol. The van der Waals surface area contributed by atoms with Crippen LogP contribution in [0.2, 0.25) is 0 Å². The lowest BCUT2D eigenvalue weighted by atomic mass is 10.0. The van der Waals surface area contributed by atoms with Crippen LogP contribution in [0.15, 0.2) is 23.1 Å². The number of hydrogen-bond acceptors (Lipinski definition) is 3. The molecule has 0 saturated carbocycles. The van der Waals surface area contributed by atoms with E-state index in [2.05, 4.69) is 0 Å². The van der Waals surface area contributed by atoms with Gasteiger partial charge in [-0.3, -0.25) is 4.79 Å². The molecule has 2 aromatic rings. The molecule has 1 aliphatic rings. The first kappa shape index (κ1) is 11.8. The first-order chi connectivity index (χ1) is 9.13. The molecule has 0 aliphatic heterocycles. The van der Waals surface area contributed by atoms with E-state index in [4.69, 9.17) is 9.94 Å².